The van der Waals surface area contributed by atoms with Gasteiger partial charge in [-0.3, -0.25) is 0 Å². The second-order valence-corrected chi connectivity index (χ2v) is 4.75. The number of hydrogen-bond acceptors (Lipinski definition) is 7. The Kier molecular flexibility index (Phi) is 3.55. The van der Waals surface area contributed by atoms with Gasteiger partial charge in [-0.2, -0.15) is 24.7 Å². The zero-order valence-corrected chi connectivity index (χ0v) is 11.9. The summed E-state index contributed by atoms with van der Waals surface area (Å²) in [7, 11) is 0. The molecule has 0 amide bonds. The predicted molar refractivity (Wildman–Crippen MR) is 78.9 cm³/mol. The molecule has 0 saturated heterocycles. The van der Waals surface area contributed by atoms with Crippen LogP contribution in [0.5, 0.6) is 0 Å². The lowest BCUT2D eigenvalue weighted by Gasteiger charge is -2.08. The fourth-order valence-corrected chi connectivity index (χ4v) is 1.90. The van der Waals surface area contributed by atoms with Crippen LogP contribution in [-0.2, 0) is 0 Å². The summed E-state index contributed by atoms with van der Waals surface area (Å²) in [6, 6.07) is 4.99. The number of hydrogen-bond donors (Lipinski definition) is 2. The fraction of sp³-hybridized carbons (Fsp3) is 0. The van der Waals surface area contributed by atoms with Crippen LogP contribution in [0.4, 0.5) is 17.6 Å². The molecule has 0 spiro atoms. The molecule has 1 aromatic carbocycles. The van der Waals surface area contributed by atoms with Crippen LogP contribution in [0.15, 0.2) is 30.9 Å². The maximum Gasteiger partial charge on any atom is 0.258 e. The topological polar surface area (TPSA) is 107 Å². The van der Waals surface area contributed by atoms with Crippen molar-refractivity contribution in [2.24, 2.45) is 0 Å². The molecule has 0 unspecified atom stereocenters. The minimum absolute atomic E-state index is 0.0381. The fourth-order valence-electron chi connectivity index (χ4n) is 1.56. The molecule has 21 heavy (non-hydrogen) atoms. The Morgan fingerprint density at radius 3 is 2.76 bits per heavy atom. The van der Waals surface area contributed by atoms with E-state index in [4.69, 9.17) is 28.9 Å². The van der Waals surface area contributed by atoms with Gasteiger partial charge in [0.05, 0.1) is 10.7 Å². The van der Waals surface area contributed by atoms with Gasteiger partial charge in [0.1, 0.15) is 12.7 Å². The highest BCUT2D eigenvalue weighted by atomic mass is 35.5. The van der Waals surface area contributed by atoms with E-state index in [1.165, 1.54) is 17.3 Å². The molecule has 0 atom stereocenters. The van der Waals surface area contributed by atoms with Crippen molar-refractivity contribution in [1.29, 1.82) is 0 Å². The van der Waals surface area contributed by atoms with E-state index in [9.17, 15) is 0 Å². The number of rotatable bonds is 3. The maximum atomic E-state index is 6.07. The number of nitrogens with one attached hydrogen (secondary N) is 1. The second kappa shape index (κ2) is 5.51. The number of nitrogen functional groups attached to an aromatic ring is 1. The van der Waals surface area contributed by atoms with Gasteiger partial charge in [-0.25, -0.2) is 4.98 Å². The van der Waals surface area contributed by atoms with Crippen molar-refractivity contribution >= 4 is 40.8 Å². The van der Waals surface area contributed by atoms with Crippen LogP contribution >= 0.6 is 23.2 Å². The van der Waals surface area contributed by atoms with Gasteiger partial charge in [0.2, 0.25) is 11.9 Å². The summed E-state index contributed by atoms with van der Waals surface area (Å²) in [5.74, 6) is 0.494. The SMILES string of the molecule is Nc1nc(Nc2cc(Cl)ccc2Cl)nc(-n2cncn2)n1. The van der Waals surface area contributed by atoms with Crippen LogP contribution in [0.25, 0.3) is 5.95 Å². The molecular weight excluding hydrogens is 315 g/mol. The second-order valence-electron chi connectivity index (χ2n) is 3.91. The van der Waals surface area contributed by atoms with E-state index in [1.54, 1.807) is 18.2 Å². The van der Waals surface area contributed by atoms with Crippen molar-refractivity contribution in [3.05, 3.63) is 40.9 Å². The van der Waals surface area contributed by atoms with Gasteiger partial charge in [-0.1, -0.05) is 23.2 Å². The molecule has 3 aromatic rings. The Labute approximate surface area is 129 Å². The Balaban J connectivity index is 1.97. The number of benzene rings is 1. The Morgan fingerprint density at radius 1 is 1.14 bits per heavy atom. The summed E-state index contributed by atoms with van der Waals surface area (Å²) in [6.07, 6.45) is 2.81. The van der Waals surface area contributed by atoms with Crippen LogP contribution in [0.1, 0.15) is 0 Å². The maximum absolute atomic E-state index is 6.07. The molecule has 0 saturated carbocycles. The summed E-state index contributed by atoms with van der Waals surface area (Å²) in [4.78, 5) is 16.0. The highest BCUT2D eigenvalue weighted by Gasteiger charge is 2.09. The normalized spacial score (nSPS) is 10.6. The third kappa shape index (κ3) is 3.01. The molecule has 2 aromatic heterocycles. The number of anilines is 3. The predicted octanol–water partition coefficient (Wildman–Crippen LogP) is 2.08. The first-order chi connectivity index (χ1) is 10.1. The molecule has 0 aliphatic heterocycles. The molecule has 3 N–H and O–H groups in total. The average molecular weight is 323 g/mol. The van der Waals surface area contributed by atoms with Crippen molar-refractivity contribution in [2.75, 3.05) is 11.1 Å². The van der Waals surface area contributed by atoms with Gasteiger partial charge in [0.15, 0.2) is 0 Å². The molecule has 0 radical (unpaired) electrons. The molecule has 3 rings (SSSR count). The van der Waals surface area contributed by atoms with Gasteiger partial charge >= 0.3 is 0 Å². The third-order valence-electron chi connectivity index (χ3n) is 2.44. The number of halogens is 2. The van der Waals surface area contributed by atoms with Gasteiger partial charge in [-0.15, -0.1) is 0 Å². The van der Waals surface area contributed by atoms with Crippen molar-refractivity contribution in [1.82, 2.24) is 29.7 Å². The Morgan fingerprint density at radius 2 is 2.00 bits per heavy atom. The Bertz CT molecular complexity index is 774. The highest BCUT2D eigenvalue weighted by Crippen LogP contribution is 2.27. The van der Waals surface area contributed by atoms with Crippen LogP contribution in [0.2, 0.25) is 10.0 Å². The first-order valence-corrected chi connectivity index (χ1v) is 6.46. The van der Waals surface area contributed by atoms with Gasteiger partial charge < -0.3 is 11.1 Å². The van der Waals surface area contributed by atoms with Crippen LogP contribution in [0.3, 0.4) is 0 Å². The standard InChI is InChI=1S/C11H8Cl2N8/c12-6-1-2-7(13)8(3-6)17-10-18-9(14)19-11(20-10)21-5-15-4-16-21/h1-5H,(H3,14,17,18,19,20). The number of aromatic nitrogens is 6. The van der Waals surface area contributed by atoms with Crippen LogP contribution in [0, 0.1) is 0 Å². The summed E-state index contributed by atoms with van der Waals surface area (Å²) in [6.45, 7) is 0. The molecule has 2 heterocycles. The minimum Gasteiger partial charge on any atom is -0.368 e. The molecule has 0 fully saturated rings. The summed E-state index contributed by atoms with van der Waals surface area (Å²) in [5, 5.41) is 7.87. The highest BCUT2D eigenvalue weighted by molar-refractivity contribution is 6.35. The van der Waals surface area contributed by atoms with Gasteiger partial charge in [-0.05, 0) is 18.2 Å². The molecular formula is C11H8Cl2N8. The van der Waals surface area contributed by atoms with E-state index in [1.807, 2.05) is 0 Å². The monoisotopic (exact) mass is 322 g/mol. The first kappa shape index (κ1) is 13.5. The van der Waals surface area contributed by atoms with E-state index in [0.717, 1.165) is 0 Å². The van der Waals surface area contributed by atoms with E-state index in [2.05, 4.69) is 30.4 Å². The van der Waals surface area contributed by atoms with Crippen molar-refractivity contribution in [3.8, 4) is 5.95 Å². The van der Waals surface area contributed by atoms with E-state index in [0.29, 0.717) is 15.7 Å². The average Bonchev–Trinajstić information content (AvgIpc) is 2.96. The third-order valence-corrected chi connectivity index (χ3v) is 3.00. The van der Waals surface area contributed by atoms with Crippen molar-refractivity contribution in [3.63, 3.8) is 0 Å². The lowest BCUT2D eigenvalue weighted by Crippen LogP contribution is -2.09. The molecule has 0 aliphatic rings. The van der Waals surface area contributed by atoms with Crippen LogP contribution < -0.4 is 11.1 Å². The summed E-state index contributed by atoms with van der Waals surface area (Å²) < 4.78 is 1.36. The molecule has 8 nitrogen and oxygen atoms in total. The van der Waals surface area contributed by atoms with Crippen molar-refractivity contribution in [2.45, 2.75) is 0 Å². The molecule has 10 heteroatoms. The first-order valence-electron chi connectivity index (χ1n) is 5.70. The van der Waals surface area contributed by atoms with E-state index in [-0.39, 0.29) is 17.8 Å². The molecule has 0 bridgehead atoms. The lowest BCUT2D eigenvalue weighted by molar-refractivity contribution is 0.800. The van der Waals surface area contributed by atoms with Crippen molar-refractivity contribution < 1.29 is 0 Å². The quantitative estimate of drug-likeness (QED) is 0.760. The number of nitrogens with two attached hydrogens (primary N) is 1. The zero-order valence-electron chi connectivity index (χ0n) is 10.4. The van der Waals surface area contributed by atoms with E-state index >= 15 is 0 Å². The van der Waals surface area contributed by atoms with Gasteiger partial charge in [0, 0.05) is 5.02 Å². The Hall–Kier alpha value is -2.45. The minimum atomic E-state index is 0.0381. The number of nitrogens with zero attached hydrogens (tertiary/aromatic N) is 6. The zero-order chi connectivity index (χ0) is 14.8. The largest absolute Gasteiger partial charge is 0.368 e. The van der Waals surface area contributed by atoms with E-state index < -0.39 is 0 Å². The van der Waals surface area contributed by atoms with Gasteiger partial charge in [0.25, 0.3) is 5.95 Å². The van der Waals surface area contributed by atoms with Crippen LogP contribution in [-0.4, -0.2) is 29.7 Å². The molecule has 106 valence electrons. The lowest BCUT2D eigenvalue weighted by atomic mass is 10.3. The molecule has 0 aliphatic carbocycles. The smallest absolute Gasteiger partial charge is 0.258 e. The summed E-state index contributed by atoms with van der Waals surface area (Å²) >= 11 is 12.0. The summed E-state index contributed by atoms with van der Waals surface area (Å²) in [5.41, 5.74) is 6.22.